The molecule has 1 aromatic carbocycles. The zero-order valence-corrected chi connectivity index (χ0v) is 13.7. The predicted octanol–water partition coefficient (Wildman–Crippen LogP) is 1.21. The maximum Gasteiger partial charge on any atom is 0.310 e. The molecule has 0 unspecified atom stereocenters. The van der Waals surface area contributed by atoms with Gasteiger partial charge >= 0.3 is 5.97 Å². The minimum absolute atomic E-state index is 0.0760. The lowest BCUT2D eigenvalue weighted by atomic mass is 9.94. The van der Waals surface area contributed by atoms with Crippen molar-refractivity contribution in [1.29, 1.82) is 0 Å². The third-order valence-electron chi connectivity index (χ3n) is 2.98. The third kappa shape index (κ3) is 5.03. The first-order valence-corrected chi connectivity index (χ1v) is 8.41. The summed E-state index contributed by atoms with van der Waals surface area (Å²) in [7, 11) is -3.53. The molecule has 122 valence electrons. The molecule has 0 heterocycles. The Morgan fingerprint density at radius 3 is 2.36 bits per heavy atom. The van der Waals surface area contributed by atoms with Gasteiger partial charge in [-0.1, -0.05) is 11.6 Å². The average molecular weight is 328 g/mol. The van der Waals surface area contributed by atoms with E-state index in [1.807, 2.05) is 0 Å². The van der Waals surface area contributed by atoms with Crippen LogP contribution in [0.4, 0.5) is 5.69 Å². The van der Waals surface area contributed by atoms with Crippen molar-refractivity contribution in [1.82, 2.24) is 5.32 Å². The van der Waals surface area contributed by atoms with Gasteiger partial charge in [0.05, 0.1) is 22.9 Å². The number of carbonyl (C=O) groups is 2. The van der Waals surface area contributed by atoms with Gasteiger partial charge in [-0.2, -0.15) is 0 Å². The van der Waals surface area contributed by atoms with E-state index < -0.39 is 27.3 Å². The summed E-state index contributed by atoms with van der Waals surface area (Å²) in [5, 5.41) is 11.6. The molecular weight excluding hydrogens is 308 g/mol. The van der Waals surface area contributed by atoms with Crippen molar-refractivity contribution >= 4 is 27.6 Å². The van der Waals surface area contributed by atoms with Crippen LogP contribution in [0.1, 0.15) is 29.8 Å². The van der Waals surface area contributed by atoms with Gasteiger partial charge < -0.3 is 10.4 Å². The highest BCUT2D eigenvalue weighted by Gasteiger charge is 2.28. The molecule has 0 fully saturated rings. The third-order valence-corrected chi connectivity index (χ3v) is 3.58. The van der Waals surface area contributed by atoms with Crippen LogP contribution in [0.2, 0.25) is 0 Å². The van der Waals surface area contributed by atoms with E-state index in [1.165, 1.54) is 26.0 Å². The summed E-state index contributed by atoms with van der Waals surface area (Å²) >= 11 is 0. The van der Waals surface area contributed by atoms with Gasteiger partial charge in [-0.25, -0.2) is 8.42 Å². The second-order valence-corrected chi connectivity index (χ2v) is 7.54. The number of hydrogen-bond acceptors (Lipinski definition) is 4. The number of sulfonamides is 1. The molecule has 8 heteroatoms. The molecule has 0 atom stereocenters. The molecule has 22 heavy (non-hydrogen) atoms. The Bertz CT molecular complexity index is 695. The number of nitrogens with one attached hydrogen (secondary N) is 2. The van der Waals surface area contributed by atoms with Crippen molar-refractivity contribution in [2.45, 2.75) is 20.8 Å². The molecule has 0 saturated heterocycles. The number of aryl methyl sites for hydroxylation is 1. The van der Waals surface area contributed by atoms with Crippen molar-refractivity contribution in [3.8, 4) is 0 Å². The van der Waals surface area contributed by atoms with Crippen LogP contribution in [-0.2, 0) is 14.8 Å². The molecule has 3 N–H and O–H groups in total. The van der Waals surface area contributed by atoms with Gasteiger partial charge in [-0.05, 0) is 32.9 Å². The van der Waals surface area contributed by atoms with Gasteiger partial charge in [0.1, 0.15) is 0 Å². The summed E-state index contributed by atoms with van der Waals surface area (Å²) in [4.78, 5) is 23.3. The van der Waals surface area contributed by atoms with Gasteiger partial charge in [-0.3, -0.25) is 14.3 Å². The van der Waals surface area contributed by atoms with Crippen LogP contribution < -0.4 is 10.0 Å². The number of hydrogen-bond donors (Lipinski definition) is 3. The summed E-state index contributed by atoms with van der Waals surface area (Å²) in [5.41, 5.74) is -0.0452. The Labute approximate surface area is 129 Å². The smallest absolute Gasteiger partial charge is 0.310 e. The first-order chi connectivity index (χ1) is 9.92. The van der Waals surface area contributed by atoms with Crippen LogP contribution in [0.15, 0.2) is 18.2 Å². The number of carbonyl (C=O) groups excluding carboxylic acids is 1. The molecule has 0 radical (unpaired) electrons. The second-order valence-electron chi connectivity index (χ2n) is 5.79. The van der Waals surface area contributed by atoms with E-state index >= 15 is 0 Å². The second kappa shape index (κ2) is 6.35. The summed E-state index contributed by atoms with van der Waals surface area (Å²) < 4.78 is 25.0. The number of rotatable bonds is 6. The molecule has 0 aliphatic rings. The van der Waals surface area contributed by atoms with E-state index in [0.717, 1.165) is 11.8 Å². The largest absolute Gasteiger partial charge is 0.481 e. The molecule has 0 saturated carbocycles. The van der Waals surface area contributed by atoms with Crippen molar-refractivity contribution in [3.63, 3.8) is 0 Å². The Kier molecular flexibility index (Phi) is 5.18. The number of carboxylic acids is 1. The molecule has 1 amide bonds. The summed E-state index contributed by atoms with van der Waals surface area (Å²) in [6.45, 7) is 4.67. The zero-order valence-electron chi connectivity index (χ0n) is 12.9. The highest BCUT2D eigenvalue weighted by atomic mass is 32.2. The number of benzene rings is 1. The normalized spacial score (nSPS) is 11.8. The van der Waals surface area contributed by atoms with Crippen LogP contribution in [0, 0.1) is 12.3 Å². The van der Waals surface area contributed by atoms with Crippen molar-refractivity contribution in [2.24, 2.45) is 5.41 Å². The SMILES string of the molecule is Cc1ccc(NS(C)(=O)=O)c(C(=O)NCC(C)(C)C(=O)O)c1. The maximum atomic E-state index is 12.2. The quantitative estimate of drug-likeness (QED) is 0.726. The highest BCUT2D eigenvalue weighted by molar-refractivity contribution is 7.92. The summed E-state index contributed by atoms with van der Waals surface area (Å²) in [5.74, 6) is -1.57. The van der Waals surface area contributed by atoms with Crippen LogP contribution in [-0.4, -0.2) is 38.2 Å². The van der Waals surface area contributed by atoms with Gasteiger partial charge in [-0.15, -0.1) is 0 Å². The monoisotopic (exact) mass is 328 g/mol. The van der Waals surface area contributed by atoms with E-state index in [9.17, 15) is 18.0 Å². The van der Waals surface area contributed by atoms with Crippen LogP contribution in [0.5, 0.6) is 0 Å². The molecule has 7 nitrogen and oxygen atoms in total. The number of aliphatic carboxylic acids is 1. The summed E-state index contributed by atoms with van der Waals surface area (Å²) in [6, 6.07) is 4.70. The standard InChI is InChI=1S/C14H20N2O5S/c1-9-5-6-11(16-22(4,20)21)10(7-9)12(17)15-8-14(2,3)13(18)19/h5-7,16H,8H2,1-4H3,(H,15,17)(H,18,19). The van der Waals surface area contributed by atoms with Crippen molar-refractivity contribution < 1.29 is 23.1 Å². The summed E-state index contributed by atoms with van der Waals surface area (Å²) in [6.07, 6.45) is 0.988. The molecular formula is C14H20N2O5S. The molecule has 0 aromatic heterocycles. The minimum Gasteiger partial charge on any atom is -0.481 e. The highest BCUT2D eigenvalue weighted by Crippen LogP contribution is 2.19. The Morgan fingerprint density at radius 2 is 1.86 bits per heavy atom. The van der Waals surface area contributed by atoms with Gasteiger partial charge in [0, 0.05) is 6.54 Å². The van der Waals surface area contributed by atoms with Crippen LogP contribution in [0.3, 0.4) is 0 Å². The molecule has 0 bridgehead atoms. The van der Waals surface area contributed by atoms with E-state index in [2.05, 4.69) is 10.0 Å². The van der Waals surface area contributed by atoms with E-state index in [1.54, 1.807) is 13.0 Å². The fourth-order valence-electron chi connectivity index (χ4n) is 1.61. The van der Waals surface area contributed by atoms with Gasteiger partial charge in [0.15, 0.2) is 0 Å². The lowest BCUT2D eigenvalue weighted by Gasteiger charge is -2.20. The first-order valence-electron chi connectivity index (χ1n) is 6.52. The molecule has 0 aliphatic heterocycles. The van der Waals surface area contributed by atoms with E-state index in [-0.39, 0.29) is 17.8 Å². The molecule has 1 rings (SSSR count). The van der Waals surface area contributed by atoms with Crippen molar-refractivity contribution in [2.75, 3.05) is 17.5 Å². The lowest BCUT2D eigenvalue weighted by molar-refractivity contribution is -0.146. The predicted molar refractivity (Wildman–Crippen MR) is 83.4 cm³/mol. The van der Waals surface area contributed by atoms with Crippen LogP contribution in [0.25, 0.3) is 0 Å². The zero-order chi connectivity index (χ0) is 17.1. The van der Waals surface area contributed by atoms with Gasteiger partial charge in [0.25, 0.3) is 5.91 Å². The topological polar surface area (TPSA) is 113 Å². The average Bonchev–Trinajstić information content (AvgIpc) is 2.36. The first kappa shape index (κ1) is 18.0. The van der Waals surface area contributed by atoms with Crippen LogP contribution >= 0.6 is 0 Å². The number of amides is 1. The fourth-order valence-corrected chi connectivity index (χ4v) is 2.18. The molecule has 0 aliphatic carbocycles. The van der Waals surface area contributed by atoms with E-state index in [0.29, 0.717) is 0 Å². The number of anilines is 1. The van der Waals surface area contributed by atoms with Gasteiger partial charge in [0.2, 0.25) is 10.0 Å². The van der Waals surface area contributed by atoms with E-state index in [4.69, 9.17) is 5.11 Å². The Hall–Kier alpha value is -2.09. The Balaban J connectivity index is 3.02. The molecule has 0 spiro atoms. The Morgan fingerprint density at radius 1 is 1.27 bits per heavy atom. The minimum atomic E-state index is -3.53. The molecule has 1 aromatic rings. The number of carboxylic acid groups (broad SMARTS) is 1. The maximum absolute atomic E-state index is 12.2. The van der Waals surface area contributed by atoms with Crippen molar-refractivity contribution in [3.05, 3.63) is 29.3 Å². The lowest BCUT2D eigenvalue weighted by Crippen LogP contribution is -2.39. The fraction of sp³-hybridized carbons (Fsp3) is 0.429.